The summed E-state index contributed by atoms with van der Waals surface area (Å²) in [5.41, 5.74) is 4.60. The summed E-state index contributed by atoms with van der Waals surface area (Å²) in [6.45, 7) is 4.67. The molecule has 1 aliphatic rings. The van der Waals surface area contributed by atoms with E-state index in [1.165, 1.54) is 0 Å². The van der Waals surface area contributed by atoms with Crippen LogP contribution in [0.2, 0.25) is 5.02 Å². The standard InChI is InChI=1S/C22H21ClN2O3S2/c1-3-4-11-28-16-8-6-15(7-9-16)13-19-21(27)25(22(29)30-19)24-20(26)17-10-5-14(2)12-18(17)23/h5-10,12-13H,3-4,11H2,1-2H3,(H,24,26)/b19-13-. The fourth-order valence-corrected chi connectivity index (χ4v) is 4.18. The van der Waals surface area contributed by atoms with E-state index in [1.807, 2.05) is 31.2 Å². The summed E-state index contributed by atoms with van der Waals surface area (Å²) < 4.78 is 5.90. The first kappa shape index (κ1) is 22.3. The Morgan fingerprint density at radius 3 is 2.67 bits per heavy atom. The number of hydrazine groups is 1. The van der Waals surface area contributed by atoms with Gasteiger partial charge in [0, 0.05) is 0 Å². The second-order valence-electron chi connectivity index (χ2n) is 6.71. The third-order valence-electron chi connectivity index (χ3n) is 4.32. The van der Waals surface area contributed by atoms with Gasteiger partial charge in [-0.2, -0.15) is 5.01 Å². The number of rotatable bonds is 7. The Balaban J connectivity index is 1.68. The molecule has 5 nitrogen and oxygen atoms in total. The molecule has 0 radical (unpaired) electrons. The number of hydrogen-bond donors (Lipinski definition) is 1. The highest BCUT2D eigenvalue weighted by molar-refractivity contribution is 8.26. The van der Waals surface area contributed by atoms with Gasteiger partial charge in [-0.15, -0.1) is 0 Å². The Kier molecular flexibility index (Phi) is 7.53. The lowest BCUT2D eigenvalue weighted by Gasteiger charge is -2.16. The molecule has 1 N–H and O–H groups in total. The molecule has 1 saturated heterocycles. The average molecular weight is 461 g/mol. The van der Waals surface area contributed by atoms with Crippen LogP contribution >= 0.6 is 35.6 Å². The van der Waals surface area contributed by atoms with Gasteiger partial charge in [-0.1, -0.05) is 54.9 Å². The molecule has 2 aromatic rings. The van der Waals surface area contributed by atoms with Gasteiger partial charge >= 0.3 is 0 Å². The molecule has 8 heteroatoms. The fraction of sp³-hybridized carbons (Fsp3) is 0.227. The number of aryl methyl sites for hydroxylation is 1. The molecule has 0 spiro atoms. The van der Waals surface area contributed by atoms with E-state index in [4.69, 9.17) is 28.6 Å². The number of carbonyl (C=O) groups is 2. The summed E-state index contributed by atoms with van der Waals surface area (Å²) in [6.07, 6.45) is 3.82. The van der Waals surface area contributed by atoms with E-state index in [0.29, 0.717) is 16.5 Å². The van der Waals surface area contributed by atoms with Crippen molar-refractivity contribution in [1.82, 2.24) is 10.4 Å². The summed E-state index contributed by atoms with van der Waals surface area (Å²) in [5.74, 6) is -0.0913. The van der Waals surface area contributed by atoms with Crippen LogP contribution in [0.25, 0.3) is 6.08 Å². The van der Waals surface area contributed by atoms with Gasteiger partial charge < -0.3 is 4.74 Å². The maximum atomic E-state index is 12.7. The second kappa shape index (κ2) is 10.1. The first-order valence-electron chi connectivity index (χ1n) is 9.47. The van der Waals surface area contributed by atoms with E-state index in [-0.39, 0.29) is 15.8 Å². The summed E-state index contributed by atoms with van der Waals surface area (Å²) in [6, 6.07) is 12.6. The number of unbranched alkanes of at least 4 members (excludes halogenated alkanes) is 1. The molecular formula is C22H21ClN2O3S2. The minimum atomic E-state index is -0.494. The smallest absolute Gasteiger partial charge is 0.285 e. The number of hydrogen-bond acceptors (Lipinski definition) is 5. The van der Waals surface area contributed by atoms with Gasteiger partial charge in [0.2, 0.25) is 0 Å². The highest BCUT2D eigenvalue weighted by atomic mass is 35.5. The van der Waals surface area contributed by atoms with Crippen molar-refractivity contribution in [3.63, 3.8) is 0 Å². The van der Waals surface area contributed by atoms with E-state index in [0.717, 1.165) is 46.5 Å². The zero-order valence-electron chi connectivity index (χ0n) is 16.6. The lowest BCUT2D eigenvalue weighted by atomic mass is 10.1. The van der Waals surface area contributed by atoms with Crippen LogP contribution in [0, 0.1) is 6.92 Å². The van der Waals surface area contributed by atoms with Gasteiger partial charge in [0.25, 0.3) is 11.8 Å². The van der Waals surface area contributed by atoms with E-state index in [9.17, 15) is 9.59 Å². The van der Waals surface area contributed by atoms with Crippen LogP contribution in [0.1, 0.15) is 41.3 Å². The summed E-state index contributed by atoms with van der Waals surface area (Å²) in [7, 11) is 0. The molecular weight excluding hydrogens is 440 g/mol. The van der Waals surface area contributed by atoms with Gasteiger partial charge in [0.15, 0.2) is 4.32 Å². The third-order valence-corrected chi connectivity index (χ3v) is 5.94. The van der Waals surface area contributed by atoms with Crippen molar-refractivity contribution in [1.29, 1.82) is 0 Å². The molecule has 30 heavy (non-hydrogen) atoms. The number of amides is 2. The molecule has 2 aromatic carbocycles. The van der Waals surface area contributed by atoms with E-state index in [1.54, 1.807) is 24.3 Å². The molecule has 1 fully saturated rings. The first-order valence-corrected chi connectivity index (χ1v) is 11.1. The SMILES string of the molecule is CCCCOc1ccc(/C=C2\SC(=S)N(NC(=O)c3ccc(C)cc3Cl)C2=O)cc1. The van der Waals surface area contributed by atoms with Crippen LogP contribution < -0.4 is 10.2 Å². The van der Waals surface area contributed by atoms with Crippen LogP contribution in [0.5, 0.6) is 5.75 Å². The van der Waals surface area contributed by atoms with Crippen LogP contribution in [0.4, 0.5) is 0 Å². The average Bonchev–Trinajstić information content (AvgIpc) is 2.97. The highest BCUT2D eigenvalue weighted by Crippen LogP contribution is 2.32. The highest BCUT2D eigenvalue weighted by Gasteiger charge is 2.34. The zero-order valence-corrected chi connectivity index (χ0v) is 19.0. The largest absolute Gasteiger partial charge is 0.494 e. The number of nitrogens with one attached hydrogen (secondary N) is 1. The van der Waals surface area contributed by atoms with E-state index in [2.05, 4.69) is 12.3 Å². The summed E-state index contributed by atoms with van der Waals surface area (Å²) in [5, 5.41) is 1.39. The van der Waals surface area contributed by atoms with Crippen molar-refractivity contribution in [2.75, 3.05) is 6.61 Å². The number of thioether (sulfide) groups is 1. The lowest BCUT2D eigenvalue weighted by Crippen LogP contribution is -2.44. The Hall–Kier alpha value is -2.35. The van der Waals surface area contributed by atoms with Crippen LogP contribution in [-0.2, 0) is 4.79 Å². The number of nitrogens with zero attached hydrogens (tertiary/aromatic N) is 1. The number of benzene rings is 2. The minimum Gasteiger partial charge on any atom is -0.494 e. The molecule has 0 bridgehead atoms. The minimum absolute atomic E-state index is 0.252. The van der Waals surface area contributed by atoms with Crippen molar-refractivity contribution in [2.24, 2.45) is 0 Å². The monoisotopic (exact) mass is 460 g/mol. The normalized spacial score (nSPS) is 15.0. The molecule has 0 atom stereocenters. The molecule has 0 saturated carbocycles. The first-order chi connectivity index (χ1) is 14.4. The molecule has 3 rings (SSSR count). The Labute approximate surface area is 190 Å². The molecule has 0 unspecified atom stereocenters. The maximum absolute atomic E-state index is 12.7. The molecule has 0 aromatic heterocycles. The maximum Gasteiger partial charge on any atom is 0.285 e. The van der Waals surface area contributed by atoms with Crippen LogP contribution in [0.15, 0.2) is 47.4 Å². The molecule has 1 heterocycles. The predicted octanol–water partition coefficient (Wildman–Crippen LogP) is 5.37. The molecule has 156 valence electrons. The summed E-state index contributed by atoms with van der Waals surface area (Å²) >= 11 is 12.6. The Morgan fingerprint density at radius 1 is 1.27 bits per heavy atom. The Bertz CT molecular complexity index is 1010. The number of thiocarbonyl (C=S) groups is 1. The van der Waals surface area contributed by atoms with Gasteiger partial charge in [-0.3, -0.25) is 15.0 Å². The van der Waals surface area contributed by atoms with Gasteiger partial charge in [-0.25, -0.2) is 0 Å². The van der Waals surface area contributed by atoms with Crippen molar-refractivity contribution >= 4 is 57.8 Å². The molecule has 1 aliphatic heterocycles. The van der Waals surface area contributed by atoms with Crippen molar-refractivity contribution < 1.29 is 14.3 Å². The predicted molar refractivity (Wildman–Crippen MR) is 126 cm³/mol. The van der Waals surface area contributed by atoms with E-state index >= 15 is 0 Å². The fourth-order valence-electron chi connectivity index (χ4n) is 2.68. The van der Waals surface area contributed by atoms with E-state index < -0.39 is 5.91 Å². The lowest BCUT2D eigenvalue weighted by molar-refractivity contribution is -0.123. The quantitative estimate of drug-likeness (QED) is 0.342. The number of halogens is 1. The number of ether oxygens (including phenoxy) is 1. The molecule has 0 aliphatic carbocycles. The van der Waals surface area contributed by atoms with Crippen molar-refractivity contribution in [3.05, 3.63) is 69.1 Å². The Morgan fingerprint density at radius 2 is 2.00 bits per heavy atom. The zero-order chi connectivity index (χ0) is 21.7. The van der Waals surface area contributed by atoms with Gasteiger partial charge in [0.05, 0.1) is 22.1 Å². The topological polar surface area (TPSA) is 58.6 Å². The number of carbonyl (C=O) groups excluding carboxylic acids is 2. The second-order valence-corrected chi connectivity index (χ2v) is 8.80. The van der Waals surface area contributed by atoms with Crippen LogP contribution in [-0.4, -0.2) is 27.8 Å². The van der Waals surface area contributed by atoms with Crippen LogP contribution in [0.3, 0.4) is 0 Å². The van der Waals surface area contributed by atoms with Crippen molar-refractivity contribution in [3.8, 4) is 5.75 Å². The summed E-state index contributed by atoms with van der Waals surface area (Å²) in [4.78, 5) is 25.7. The molecule has 2 amide bonds. The van der Waals surface area contributed by atoms with Crippen molar-refractivity contribution in [2.45, 2.75) is 26.7 Å². The van der Waals surface area contributed by atoms with Gasteiger partial charge in [-0.05, 0) is 67.0 Å². The van der Waals surface area contributed by atoms with Gasteiger partial charge in [0.1, 0.15) is 5.75 Å². The third kappa shape index (κ3) is 5.41.